The molecule has 0 bridgehead atoms. The third-order valence-corrected chi connectivity index (χ3v) is 6.72. The second kappa shape index (κ2) is 6.02. The Hall–Kier alpha value is -1.26. The maximum atomic E-state index is 12.1. The van der Waals surface area contributed by atoms with E-state index in [2.05, 4.69) is 5.32 Å². The van der Waals surface area contributed by atoms with Crippen LogP contribution in [-0.4, -0.2) is 20.7 Å². The van der Waals surface area contributed by atoms with E-state index in [0.717, 1.165) is 17.9 Å². The Bertz CT molecular complexity index is 623. The molecule has 3 N–H and O–H groups in total. The lowest BCUT2D eigenvalue weighted by molar-refractivity contribution is 0.579. The van der Waals surface area contributed by atoms with Gasteiger partial charge in [0.25, 0.3) is 0 Å². The molecular formula is C13H19N3O2S2. The molecule has 0 unspecified atom stereocenters. The van der Waals surface area contributed by atoms with Crippen LogP contribution >= 0.6 is 11.3 Å². The molecule has 1 heterocycles. The van der Waals surface area contributed by atoms with E-state index in [1.165, 1.54) is 25.7 Å². The summed E-state index contributed by atoms with van der Waals surface area (Å²) in [5.74, 6) is 0.567. The smallest absolute Gasteiger partial charge is 0.183 e. The maximum absolute atomic E-state index is 12.1. The molecule has 1 aromatic rings. The van der Waals surface area contributed by atoms with Crippen LogP contribution in [0.2, 0.25) is 0 Å². The highest BCUT2D eigenvalue weighted by atomic mass is 32.2. The van der Waals surface area contributed by atoms with E-state index in [0.29, 0.717) is 10.9 Å². The Balaban J connectivity index is 2.29. The van der Waals surface area contributed by atoms with Crippen molar-refractivity contribution in [2.24, 2.45) is 5.92 Å². The first-order chi connectivity index (χ1) is 9.49. The van der Waals surface area contributed by atoms with Crippen LogP contribution in [0.1, 0.15) is 37.5 Å². The molecule has 0 saturated heterocycles. The summed E-state index contributed by atoms with van der Waals surface area (Å²) in [6.07, 6.45) is 4.83. The summed E-state index contributed by atoms with van der Waals surface area (Å²) >= 11 is 1.14. The number of rotatable bonds is 5. The van der Waals surface area contributed by atoms with E-state index in [1.807, 2.05) is 6.07 Å². The molecule has 1 saturated carbocycles. The molecule has 1 aromatic heterocycles. The van der Waals surface area contributed by atoms with Gasteiger partial charge in [-0.15, -0.1) is 11.3 Å². The van der Waals surface area contributed by atoms with Gasteiger partial charge in [0.1, 0.15) is 20.8 Å². The van der Waals surface area contributed by atoms with E-state index >= 15 is 0 Å². The molecule has 2 rings (SSSR count). The predicted molar refractivity (Wildman–Crippen MR) is 81.6 cm³/mol. The second-order valence-corrected chi connectivity index (χ2v) is 8.29. The molecule has 0 atom stereocenters. The topological polar surface area (TPSA) is 96.0 Å². The van der Waals surface area contributed by atoms with Crippen LogP contribution in [0.3, 0.4) is 0 Å². The van der Waals surface area contributed by atoms with E-state index in [4.69, 9.17) is 11.0 Å². The zero-order chi connectivity index (χ0) is 14.8. The van der Waals surface area contributed by atoms with E-state index in [1.54, 1.807) is 6.92 Å². The second-order valence-electron chi connectivity index (χ2n) is 5.05. The number of nitrogen functional groups attached to an aromatic ring is 1. The van der Waals surface area contributed by atoms with Crippen LogP contribution in [0, 0.1) is 17.2 Å². The zero-order valence-corrected chi connectivity index (χ0v) is 13.1. The van der Waals surface area contributed by atoms with Gasteiger partial charge in [-0.3, -0.25) is 0 Å². The van der Waals surface area contributed by atoms with E-state index in [-0.39, 0.29) is 21.2 Å². The Morgan fingerprint density at radius 3 is 2.65 bits per heavy atom. The van der Waals surface area contributed by atoms with Crippen LogP contribution in [-0.2, 0) is 9.84 Å². The minimum atomic E-state index is -3.42. The predicted octanol–water partition coefficient (Wildman–Crippen LogP) is 2.60. The molecule has 0 aromatic carbocycles. The van der Waals surface area contributed by atoms with Crippen molar-refractivity contribution in [3.8, 4) is 6.07 Å². The first-order valence-corrected chi connectivity index (χ1v) is 9.25. The highest BCUT2D eigenvalue weighted by Gasteiger charge is 2.26. The van der Waals surface area contributed by atoms with Crippen molar-refractivity contribution in [2.45, 2.75) is 37.5 Å². The number of nitrogens with zero attached hydrogens (tertiary/aromatic N) is 1. The van der Waals surface area contributed by atoms with Crippen molar-refractivity contribution in [1.82, 2.24) is 0 Å². The number of anilines is 2. The van der Waals surface area contributed by atoms with Gasteiger partial charge < -0.3 is 11.1 Å². The van der Waals surface area contributed by atoms with Gasteiger partial charge in [0.15, 0.2) is 9.84 Å². The van der Waals surface area contributed by atoms with Crippen molar-refractivity contribution in [3.63, 3.8) is 0 Å². The van der Waals surface area contributed by atoms with Gasteiger partial charge in [0.05, 0.1) is 11.4 Å². The molecule has 1 aliphatic rings. The highest BCUT2D eigenvalue weighted by Crippen LogP contribution is 2.39. The average molecular weight is 313 g/mol. The summed E-state index contributed by atoms with van der Waals surface area (Å²) in [7, 11) is -3.42. The molecule has 20 heavy (non-hydrogen) atoms. The summed E-state index contributed by atoms with van der Waals surface area (Å²) < 4.78 is 24.3. The zero-order valence-electron chi connectivity index (χ0n) is 11.5. The molecule has 0 aliphatic heterocycles. The number of nitrogens with one attached hydrogen (secondary N) is 1. The fourth-order valence-electron chi connectivity index (χ4n) is 2.53. The molecular weight excluding hydrogens is 294 g/mol. The van der Waals surface area contributed by atoms with Crippen LogP contribution in [0.5, 0.6) is 0 Å². The summed E-state index contributed by atoms with van der Waals surface area (Å²) in [5.41, 5.74) is 5.92. The summed E-state index contributed by atoms with van der Waals surface area (Å²) in [4.78, 5) is 0.380. The average Bonchev–Trinajstić information content (AvgIpc) is 3.03. The Labute approximate surface area is 123 Å². The van der Waals surface area contributed by atoms with Crippen molar-refractivity contribution >= 4 is 31.9 Å². The van der Waals surface area contributed by atoms with Crippen molar-refractivity contribution < 1.29 is 8.42 Å². The van der Waals surface area contributed by atoms with Crippen LogP contribution in [0.4, 0.5) is 10.7 Å². The summed E-state index contributed by atoms with van der Waals surface area (Å²) in [6.45, 7) is 2.33. The Morgan fingerprint density at radius 1 is 1.45 bits per heavy atom. The fourth-order valence-corrected chi connectivity index (χ4v) is 5.00. The monoisotopic (exact) mass is 313 g/mol. The van der Waals surface area contributed by atoms with Crippen molar-refractivity contribution in [1.29, 1.82) is 5.26 Å². The Kier molecular flexibility index (Phi) is 4.55. The fraction of sp³-hybridized carbons (Fsp3) is 0.615. The first-order valence-electron chi connectivity index (χ1n) is 6.78. The number of thiophene rings is 1. The van der Waals surface area contributed by atoms with Gasteiger partial charge in [-0.25, -0.2) is 8.42 Å². The molecule has 0 amide bonds. The Morgan fingerprint density at radius 2 is 2.10 bits per heavy atom. The SMILES string of the molecule is CCS(=O)(=O)c1c(NCC2CCCC2)sc(C#N)c1N. The standard InChI is InChI=1S/C13H19N3O2S2/c1-2-20(17,18)12-11(15)10(7-14)19-13(12)16-8-9-5-3-4-6-9/h9,16H,2-6,8,15H2,1H3. The molecule has 110 valence electrons. The van der Waals surface area contributed by atoms with Gasteiger partial charge in [-0.05, 0) is 18.8 Å². The maximum Gasteiger partial charge on any atom is 0.183 e. The van der Waals surface area contributed by atoms with Gasteiger partial charge in [-0.1, -0.05) is 19.8 Å². The quantitative estimate of drug-likeness (QED) is 0.871. The van der Waals surface area contributed by atoms with Crippen molar-refractivity contribution in [3.05, 3.63) is 4.88 Å². The molecule has 5 nitrogen and oxygen atoms in total. The van der Waals surface area contributed by atoms with Gasteiger partial charge in [-0.2, -0.15) is 5.26 Å². The lowest BCUT2D eigenvalue weighted by Crippen LogP contribution is -2.13. The number of sulfone groups is 1. The summed E-state index contributed by atoms with van der Waals surface area (Å²) in [5, 5.41) is 12.8. The van der Waals surface area contributed by atoms with Gasteiger partial charge >= 0.3 is 0 Å². The lowest BCUT2D eigenvalue weighted by Gasteiger charge is -2.12. The third kappa shape index (κ3) is 2.91. The number of nitrogens with two attached hydrogens (primary N) is 1. The largest absolute Gasteiger partial charge is 0.396 e. The number of hydrogen-bond acceptors (Lipinski definition) is 6. The third-order valence-electron chi connectivity index (χ3n) is 3.72. The van der Waals surface area contributed by atoms with E-state index in [9.17, 15) is 8.42 Å². The first kappa shape index (κ1) is 15.1. The molecule has 0 spiro atoms. The normalized spacial score (nSPS) is 16.2. The number of nitriles is 1. The minimum absolute atomic E-state index is 0.0170. The molecule has 1 fully saturated rings. The minimum Gasteiger partial charge on any atom is -0.396 e. The molecule has 0 radical (unpaired) electrons. The van der Waals surface area contributed by atoms with Crippen molar-refractivity contribution in [2.75, 3.05) is 23.3 Å². The molecule has 1 aliphatic carbocycles. The van der Waals surface area contributed by atoms with E-state index < -0.39 is 9.84 Å². The molecule has 7 heteroatoms. The van der Waals surface area contributed by atoms with Gasteiger partial charge in [0, 0.05) is 6.54 Å². The summed E-state index contributed by atoms with van der Waals surface area (Å²) in [6, 6.07) is 1.97. The van der Waals surface area contributed by atoms with Crippen LogP contribution < -0.4 is 11.1 Å². The number of hydrogen-bond donors (Lipinski definition) is 2. The lowest BCUT2D eigenvalue weighted by atomic mass is 10.1. The van der Waals surface area contributed by atoms with Crippen LogP contribution in [0.25, 0.3) is 0 Å². The van der Waals surface area contributed by atoms with Gasteiger partial charge in [0.2, 0.25) is 0 Å². The van der Waals surface area contributed by atoms with Crippen LogP contribution in [0.15, 0.2) is 4.90 Å². The highest BCUT2D eigenvalue weighted by molar-refractivity contribution is 7.91.